The molecule has 0 aliphatic rings. The van der Waals surface area contributed by atoms with Gasteiger partial charge in [-0.05, 0) is 30.0 Å². The molecule has 0 saturated carbocycles. The van der Waals surface area contributed by atoms with Gasteiger partial charge in [-0.25, -0.2) is 4.79 Å². The average molecular weight is 308 g/mol. The highest BCUT2D eigenvalue weighted by Crippen LogP contribution is 2.25. The third kappa shape index (κ3) is 6.35. The van der Waals surface area contributed by atoms with E-state index in [1.807, 2.05) is 18.2 Å². The van der Waals surface area contributed by atoms with E-state index in [0.29, 0.717) is 19.7 Å². The second-order valence-corrected chi connectivity index (χ2v) is 6.59. The summed E-state index contributed by atoms with van der Waals surface area (Å²) in [6, 6.07) is 7.79. The van der Waals surface area contributed by atoms with E-state index in [1.54, 1.807) is 14.0 Å². The van der Waals surface area contributed by atoms with Crippen LogP contribution in [-0.4, -0.2) is 48.9 Å². The molecule has 124 valence electrons. The maximum atomic E-state index is 11.7. The normalized spacial score (nSPS) is 12.6. The van der Waals surface area contributed by atoms with Gasteiger partial charge in [0.15, 0.2) is 0 Å². The number of urea groups is 1. The van der Waals surface area contributed by atoms with E-state index in [1.165, 1.54) is 10.5 Å². The van der Waals surface area contributed by atoms with Gasteiger partial charge in [-0.1, -0.05) is 32.9 Å². The molecule has 0 fully saturated rings. The highest BCUT2D eigenvalue weighted by Gasteiger charge is 2.14. The molecule has 22 heavy (non-hydrogen) atoms. The molecule has 1 atom stereocenters. The van der Waals surface area contributed by atoms with Gasteiger partial charge >= 0.3 is 6.03 Å². The van der Waals surface area contributed by atoms with E-state index in [2.05, 4.69) is 32.2 Å². The van der Waals surface area contributed by atoms with Crippen LogP contribution < -0.4 is 10.1 Å². The van der Waals surface area contributed by atoms with Crippen LogP contribution in [0.1, 0.15) is 33.3 Å². The van der Waals surface area contributed by atoms with Crippen LogP contribution in [0.3, 0.4) is 0 Å². The number of hydrogen-bond acceptors (Lipinski definition) is 3. The zero-order chi connectivity index (χ0) is 16.8. The third-order valence-electron chi connectivity index (χ3n) is 3.23. The topological polar surface area (TPSA) is 61.8 Å². The van der Waals surface area contributed by atoms with Gasteiger partial charge in [0.2, 0.25) is 0 Å². The van der Waals surface area contributed by atoms with Crippen molar-refractivity contribution in [3.05, 3.63) is 29.8 Å². The molecule has 1 aromatic rings. The van der Waals surface area contributed by atoms with Crippen molar-refractivity contribution in [2.45, 2.75) is 39.2 Å². The summed E-state index contributed by atoms with van der Waals surface area (Å²) in [4.78, 5) is 13.2. The number of carbonyl (C=O) groups excluding carboxylic acids is 1. The van der Waals surface area contributed by atoms with Gasteiger partial charge in [0.05, 0.1) is 12.6 Å². The number of nitrogens with zero attached hydrogens (tertiary/aromatic N) is 1. The Morgan fingerprint density at radius 2 is 2.09 bits per heavy atom. The molecule has 2 N–H and O–H groups in total. The lowest BCUT2D eigenvalue weighted by atomic mass is 9.87. The van der Waals surface area contributed by atoms with Gasteiger partial charge in [0.25, 0.3) is 0 Å². The molecule has 5 nitrogen and oxygen atoms in total. The van der Waals surface area contributed by atoms with Crippen molar-refractivity contribution >= 4 is 6.03 Å². The number of rotatable bonds is 6. The number of hydrogen-bond donors (Lipinski definition) is 2. The molecule has 0 heterocycles. The summed E-state index contributed by atoms with van der Waals surface area (Å²) >= 11 is 0. The maximum Gasteiger partial charge on any atom is 0.317 e. The average Bonchev–Trinajstić information content (AvgIpc) is 2.42. The summed E-state index contributed by atoms with van der Waals surface area (Å²) in [5.74, 6) is 0.805. The zero-order valence-electron chi connectivity index (χ0n) is 14.2. The lowest BCUT2D eigenvalue weighted by Gasteiger charge is -2.20. The summed E-state index contributed by atoms with van der Waals surface area (Å²) in [6.07, 6.45) is -0.535. The smallest absolute Gasteiger partial charge is 0.317 e. The first-order valence-corrected chi connectivity index (χ1v) is 7.60. The van der Waals surface area contributed by atoms with Gasteiger partial charge < -0.3 is 20.1 Å². The summed E-state index contributed by atoms with van der Waals surface area (Å²) in [6.45, 7) is 9.25. The highest BCUT2D eigenvalue weighted by molar-refractivity contribution is 5.73. The van der Waals surface area contributed by atoms with Crippen molar-refractivity contribution in [3.63, 3.8) is 0 Å². The van der Waals surface area contributed by atoms with Crippen molar-refractivity contribution in [1.82, 2.24) is 10.2 Å². The molecular formula is C17H28N2O3. The fourth-order valence-electron chi connectivity index (χ4n) is 1.99. The lowest BCUT2D eigenvalue weighted by Crippen LogP contribution is -2.42. The van der Waals surface area contributed by atoms with E-state index in [4.69, 9.17) is 4.74 Å². The fraction of sp³-hybridized carbons (Fsp3) is 0.588. The summed E-state index contributed by atoms with van der Waals surface area (Å²) < 4.78 is 5.67. The minimum Gasteiger partial charge on any atom is -0.492 e. The molecule has 1 rings (SSSR count). The van der Waals surface area contributed by atoms with E-state index in [-0.39, 0.29) is 11.4 Å². The minimum atomic E-state index is -0.535. The van der Waals surface area contributed by atoms with E-state index < -0.39 is 6.10 Å². The number of nitrogens with one attached hydrogen (secondary N) is 1. The summed E-state index contributed by atoms with van der Waals surface area (Å²) in [7, 11) is 1.65. The van der Waals surface area contributed by atoms with Crippen molar-refractivity contribution in [1.29, 1.82) is 0 Å². The number of benzene rings is 1. The number of ether oxygens (including phenoxy) is 1. The van der Waals surface area contributed by atoms with Crippen LogP contribution >= 0.6 is 0 Å². The predicted octanol–water partition coefficient (Wildman–Crippen LogP) is 2.39. The Morgan fingerprint density at radius 3 is 2.68 bits per heavy atom. The molecule has 1 unspecified atom stereocenters. The third-order valence-corrected chi connectivity index (χ3v) is 3.23. The van der Waals surface area contributed by atoms with Gasteiger partial charge in [0.1, 0.15) is 12.4 Å². The number of aliphatic hydroxyl groups is 1. The molecule has 1 aromatic carbocycles. The molecule has 2 amide bonds. The molecule has 0 aliphatic carbocycles. The highest BCUT2D eigenvalue weighted by atomic mass is 16.5. The van der Waals surface area contributed by atoms with Gasteiger partial charge in [0, 0.05) is 13.6 Å². The Balaban J connectivity index is 2.38. The van der Waals surface area contributed by atoms with Crippen LogP contribution in [0.25, 0.3) is 0 Å². The van der Waals surface area contributed by atoms with Crippen molar-refractivity contribution in [3.8, 4) is 5.75 Å². The van der Waals surface area contributed by atoms with Crippen LogP contribution in [0.15, 0.2) is 24.3 Å². The van der Waals surface area contributed by atoms with Crippen LogP contribution in [0.2, 0.25) is 0 Å². The molecule has 0 saturated heterocycles. The molecule has 0 bridgehead atoms. The number of carbonyl (C=O) groups is 1. The quantitative estimate of drug-likeness (QED) is 0.793. The van der Waals surface area contributed by atoms with Crippen molar-refractivity contribution in [2.75, 3.05) is 26.7 Å². The Kier molecular flexibility index (Phi) is 6.68. The Bertz CT molecular complexity index is 481. The molecule has 0 radical (unpaired) electrons. The number of aliphatic hydroxyl groups excluding tert-OH is 1. The number of likely N-dealkylation sites (N-methyl/N-ethyl adjacent to an activating group) is 1. The Hall–Kier alpha value is -1.75. The molecule has 0 aliphatic heterocycles. The van der Waals surface area contributed by atoms with Crippen LogP contribution in [0.5, 0.6) is 5.75 Å². The van der Waals surface area contributed by atoms with Gasteiger partial charge in [-0.2, -0.15) is 0 Å². The largest absolute Gasteiger partial charge is 0.492 e. The van der Waals surface area contributed by atoms with Crippen LogP contribution in [0, 0.1) is 0 Å². The first kappa shape index (κ1) is 18.3. The molecule has 0 aromatic heterocycles. The van der Waals surface area contributed by atoms with E-state index >= 15 is 0 Å². The molecule has 5 heteroatoms. The van der Waals surface area contributed by atoms with Gasteiger partial charge in [-0.3, -0.25) is 0 Å². The zero-order valence-corrected chi connectivity index (χ0v) is 14.2. The predicted molar refractivity (Wildman–Crippen MR) is 88.3 cm³/mol. The minimum absolute atomic E-state index is 0.0806. The second kappa shape index (κ2) is 8.03. The van der Waals surface area contributed by atoms with Crippen molar-refractivity contribution < 1.29 is 14.6 Å². The first-order valence-electron chi connectivity index (χ1n) is 7.60. The van der Waals surface area contributed by atoms with E-state index in [0.717, 1.165) is 5.75 Å². The van der Waals surface area contributed by atoms with Crippen molar-refractivity contribution in [2.24, 2.45) is 0 Å². The summed E-state index contributed by atoms with van der Waals surface area (Å²) in [5, 5.41) is 12.0. The SMILES string of the molecule is CC(O)CN(C)C(=O)NCCOc1cccc(C(C)(C)C)c1. The fourth-order valence-corrected chi connectivity index (χ4v) is 1.99. The Morgan fingerprint density at radius 1 is 1.41 bits per heavy atom. The molecular weight excluding hydrogens is 280 g/mol. The number of amides is 2. The summed E-state index contributed by atoms with van der Waals surface area (Å²) in [5.41, 5.74) is 1.29. The standard InChI is InChI=1S/C17H28N2O3/c1-13(20)12-19(5)16(21)18-9-10-22-15-8-6-7-14(11-15)17(2,3)4/h6-8,11,13,20H,9-10,12H2,1-5H3,(H,18,21). The lowest BCUT2D eigenvalue weighted by molar-refractivity contribution is 0.143. The Labute approximate surface area is 133 Å². The monoisotopic (exact) mass is 308 g/mol. The first-order chi connectivity index (χ1) is 10.2. The van der Waals surface area contributed by atoms with Crippen LogP contribution in [-0.2, 0) is 5.41 Å². The van der Waals surface area contributed by atoms with Gasteiger partial charge in [-0.15, -0.1) is 0 Å². The van der Waals surface area contributed by atoms with E-state index in [9.17, 15) is 9.90 Å². The second-order valence-electron chi connectivity index (χ2n) is 6.59. The molecule has 0 spiro atoms. The van der Waals surface area contributed by atoms with Crippen LogP contribution in [0.4, 0.5) is 4.79 Å². The maximum absolute atomic E-state index is 11.7.